The zero-order chi connectivity index (χ0) is 11.5. The molecule has 0 bridgehead atoms. The summed E-state index contributed by atoms with van der Waals surface area (Å²) in [6.45, 7) is 2.19. The van der Waals surface area contributed by atoms with Crippen molar-refractivity contribution in [1.29, 1.82) is 0 Å². The van der Waals surface area contributed by atoms with Crippen molar-refractivity contribution in [3.8, 4) is 0 Å². The van der Waals surface area contributed by atoms with Gasteiger partial charge in [0.1, 0.15) is 0 Å². The predicted molar refractivity (Wildman–Crippen MR) is 58.0 cm³/mol. The lowest BCUT2D eigenvalue weighted by Gasteiger charge is -2.26. The molecule has 5 nitrogen and oxygen atoms in total. The number of carboxylic acids is 1. The first-order chi connectivity index (χ1) is 7.68. The Morgan fingerprint density at radius 2 is 2.25 bits per heavy atom. The Balaban J connectivity index is 1.98. The van der Waals surface area contributed by atoms with Gasteiger partial charge < -0.3 is 15.3 Å². The van der Waals surface area contributed by atoms with E-state index in [0.29, 0.717) is 6.54 Å². The van der Waals surface area contributed by atoms with Gasteiger partial charge >= 0.3 is 5.97 Å². The number of nitrogens with zero attached hydrogens (tertiary/aromatic N) is 1. The summed E-state index contributed by atoms with van der Waals surface area (Å²) >= 11 is 0. The summed E-state index contributed by atoms with van der Waals surface area (Å²) in [5.41, 5.74) is 0. The molecule has 2 fully saturated rings. The van der Waals surface area contributed by atoms with Crippen LogP contribution in [0.2, 0.25) is 0 Å². The molecule has 0 aromatic carbocycles. The first kappa shape index (κ1) is 11.4. The van der Waals surface area contributed by atoms with Crippen molar-refractivity contribution in [2.75, 3.05) is 19.6 Å². The highest BCUT2D eigenvalue weighted by molar-refractivity contribution is 5.86. The molecule has 0 saturated carbocycles. The van der Waals surface area contributed by atoms with Crippen LogP contribution in [0.4, 0.5) is 0 Å². The van der Waals surface area contributed by atoms with Gasteiger partial charge in [0, 0.05) is 25.6 Å². The molecule has 2 heterocycles. The van der Waals surface area contributed by atoms with Crippen LogP contribution in [0.25, 0.3) is 0 Å². The van der Waals surface area contributed by atoms with Gasteiger partial charge in [-0.25, -0.2) is 0 Å². The Kier molecular flexibility index (Phi) is 3.43. The average Bonchev–Trinajstić information content (AvgIpc) is 2.50. The third-order valence-corrected chi connectivity index (χ3v) is 3.47. The van der Waals surface area contributed by atoms with E-state index in [1.165, 1.54) is 0 Å². The van der Waals surface area contributed by atoms with E-state index in [9.17, 15) is 9.59 Å². The molecule has 2 rings (SSSR count). The number of carbonyl (C=O) groups is 2. The Labute approximate surface area is 94.8 Å². The largest absolute Gasteiger partial charge is 0.481 e. The van der Waals surface area contributed by atoms with E-state index in [2.05, 4.69) is 5.32 Å². The summed E-state index contributed by atoms with van der Waals surface area (Å²) < 4.78 is 0. The van der Waals surface area contributed by atoms with Crippen molar-refractivity contribution in [3.63, 3.8) is 0 Å². The summed E-state index contributed by atoms with van der Waals surface area (Å²) in [7, 11) is 0. The van der Waals surface area contributed by atoms with Gasteiger partial charge in [-0.05, 0) is 19.4 Å². The fourth-order valence-electron chi connectivity index (χ4n) is 2.52. The first-order valence-electron chi connectivity index (χ1n) is 5.91. The number of carboxylic acid groups (broad SMARTS) is 1. The summed E-state index contributed by atoms with van der Waals surface area (Å²) in [5.74, 6) is -1.35. The maximum absolute atomic E-state index is 11.7. The summed E-state index contributed by atoms with van der Waals surface area (Å²) in [5, 5.41) is 12.2. The van der Waals surface area contributed by atoms with Crippen molar-refractivity contribution in [1.82, 2.24) is 10.2 Å². The number of amides is 1. The summed E-state index contributed by atoms with van der Waals surface area (Å²) in [6.07, 6.45) is 3.41. The number of rotatable bonds is 2. The Hall–Kier alpha value is -1.10. The zero-order valence-electron chi connectivity index (χ0n) is 9.32. The fourth-order valence-corrected chi connectivity index (χ4v) is 2.52. The number of hydrogen-bond acceptors (Lipinski definition) is 3. The van der Waals surface area contributed by atoms with Crippen LogP contribution in [0.1, 0.15) is 25.7 Å². The maximum atomic E-state index is 11.7. The maximum Gasteiger partial charge on any atom is 0.308 e. The minimum atomic E-state index is -0.850. The van der Waals surface area contributed by atoms with E-state index < -0.39 is 11.9 Å². The lowest BCUT2D eigenvalue weighted by molar-refractivity contribution is -0.141. The highest BCUT2D eigenvalue weighted by Gasteiger charge is 2.37. The second-order valence-electron chi connectivity index (χ2n) is 4.64. The molecule has 0 aromatic heterocycles. The van der Waals surface area contributed by atoms with Gasteiger partial charge in [-0.2, -0.15) is 0 Å². The van der Waals surface area contributed by atoms with Gasteiger partial charge in [-0.3, -0.25) is 9.59 Å². The topological polar surface area (TPSA) is 69.6 Å². The number of nitrogens with one attached hydrogen (secondary N) is 1. The minimum Gasteiger partial charge on any atom is -0.481 e. The number of hydrogen-bond donors (Lipinski definition) is 2. The molecule has 5 heteroatoms. The van der Waals surface area contributed by atoms with Crippen molar-refractivity contribution in [2.24, 2.45) is 5.92 Å². The molecular weight excluding hydrogens is 208 g/mol. The van der Waals surface area contributed by atoms with E-state index in [1.54, 1.807) is 4.90 Å². The molecule has 2 atom stereocenters. The predicted octanol–water partition coefficient (Wildman–Crippen LogP) is 0.0616. The average molecular weight is 226 g/mol. The van der Waals surface area contributed by atoms with Crippen molar-refractivity contribution < 1.29 is 14.7 Å². The van der Waals surface area contributed by atoms with Gasteiger partial charge in [-0.15, -0.1) is 0 Å². The van der Waals surface area contributed by atoms with E-state index in [4.69, 9.17) is 5.11 Å². The lowest BCUT2D eigenvalue weighted by atomic mass is 10.1. The van der Waals surface area contributed by atoms with Crippen molar-refractivity contribution >= 4 is 11.9 Å². The van der Waals surface area contributed by atoms with Crippen LogP contribution in [0.3, 0.4) is 0 Å². The Bertz CT molecular complexity index is 285. The zero-order valence-corrected chi connectivity index (χ0v) is 9.32. The van der Waals surface area contributed by atoms with Gasteiger partial charge in [-0.1, -0.05) is 6.42 Å². The van der Waals surface area contributed by atoms with Crippen LogP contribution in [0.15, 0.2) is 0 Å². The van der Waals surface area contributed by atoms with Crippen LogP contribution in [-0.2, 0) is 9.59 Å². The van der Waals surface area contributed by atoms with Crippen LogP contribution in [0, 0.1) is 5.92 Å². The van der Waals surface area contributed by atoms with Crippen LogP contribution < -0.4 is 5.32 Å². The monoisotopic (exact) mass is 226 g/mol. The molecule has 0 aliphatic carbocycles. The molecule has 2 unspecified atom stereocenters. The number of carbonyl (C=O) groups excluding carboxylic acids is 1. The molecule has 0 aromatic rings. The van der Waals surface area contributed by atoms with Crippen LogP contribution >= 0.6 is 0 Å². The Morgan fingerprint density at radius 3 is 2.94 bits per heavy atom. The van der Waals surface area contributed by atoms with E-state index in [0.717, 1.165) is 32.4 Å². The smallest absolute Gasteiger partial charge is 0.308 e. The molecule has 1 amide bonds. The van der Waals surface area contributed by atoms with E-state index in [-0.39, 0.29) is 18.4 Å². The fraction of sp³-hybridized carbons (Fsp3) is 0.818. The standard InChI is InChI=1S/C11H18N2O3/c14-10-5-8(11(15)16)7-13(10)9-3-1-2-4-12-6-9/h8-9,12H,1-7H2,(H,15,16). The highest BCUT2D eigenvalue weighted by Crippen LogP contribution is 2.23. The molecule has 16 heavy (non-hydrogen) atoms. The highest BCUT2D eigenvalue weighted by atomic mass is 16.4. The van der Waals surface area contributed by atoms with Gasteiger partial charge in [0.25, 0.3) is 0 Å². The number of aliphatic carboxylic acids is 1. The van der Waals surface area contributed by atoms with Gasteiger partial charge in [0.05, 0.1) is 5.92 Å². The van der Waals surface area contributed by atoms with E-state index in [1.807, 2.05) is 0 Å². The second kappa shape index (κ2) is 4.82. The van der Waals surface area contributed by atoms with Crippen LogP contribution in [-0.4, -0.2) is 47.6 Å². The van der Waals surface area contributed by atoms with Crippen molar-refractivity contribution in [2.45, 2.75) is 31.7 Å². The normalized spacial score (nSPS) is 31.5. The third kappa shape index (κ3) is 2.35. The first-order valence-corrected chi connectivity index (χ1v) is 5.91. The van der Waals surface area contributed by atoms with Crippen LogP contribution in [0.5, 0.6) is 0 Å². The third-order valence-electron chi connectivity index (χ3n) is 3.47. The molecule has 2 N–H and O–H groups in total. The molecule has 0 radical (unpaired) electrons. The Morgan fingerprint density at radius 1 is 1.44 bits per heavy atom. The van der Waals surface area contributed by atoms with Crippen molar-refractivity contribution in [3.05, 3.63) is 0 Å². The quantitative estimate of drug-likeness (QED) is 0.698. The van der Waals surface area contributed by atoms with Gasteiger partial charge in [0.2, 0.25) is 5.91 Å². The van der Waals surface area contributed by atoms with E-state index >= 15 is 0 Å². The molecule has 0 spiro atoms. The molecule has 2 aliphatic heterocycles. The van der Waals surface area contributed by atoms with Gasteiger partial charge in [0.15, 0.2) is 0 Å². The lowest BCUT2D eigenvalue weighted by Crippen LogP contribution is -2.42. The SMILES string of the molecule is O=C(O)C1CC(=O)N(C2CCCCNC2)C1. The minimum absolute atomic E-state index is 0.00102. The molecular formula is C11H18N2O3. The molecule has 2 saturated heterocycles. The molecule has 2 aliphatic rings. The number of likely N-dealkylation sites (tertiary alicyclic amines) is 1. The second-order valence-corrected chi connectivity index (χ2v) is 4.64. The summed E-state index contributed by atoms with van der Waals surface area (Å²) in [6, 6.07) is 0.194. The molecule has 90 valence electrons. The summed E-state index contributed by atoms with van der Waals surface area (Å²) in [4.78, 5) is 24.3.